The Morgan fingerprint density at radius 2 is 1.65 bits per heavy atom. The van der Waals surface area contributed by atoms with Gasteiger partial charge in [-0.15, -0.1) is 0 Å². The highest BCUT2D eigenvalue weighted by atomic mass is 16.6. The lowest BCUT2D eigenvalue weighted by Gasteiger charge is -2.35. The molecule has 1 unspecified atom stereocenters. The van der Waals surface area contributed by atoms with Gasteiger partial charge in [-0.2, -0.15) is 0 Å². The fourth-order valence-electron chi connectivity index (χ4n) is 4.05. The first kappa shape index (κ1) is 27.5. The number of nitrogens with zero attached hydrogens (tertiary/aromatic N) is 1. The van der Waals surface area contributed by atoms with Crippen LogP contribution in [0.1, 0.15) is 51.8 Å². The van der Waals surface area contributed by atoms with E-state index in [0.717, 1.165) is 10.8 Å². The Morgan fingerprint density at radius 1 is 0.973 bits per heavy atom. The summed E-state index contributed by atoms with van der Waals surface area (Å²) in [6.07, 6.45) is -0.720. The van der Waals surface area contributed by atoms with Crippen LogP contribution in [-0.2, 0) is 14.3 Å². The van der Waals surface area contributed by atoms with E-state index in [2.05, 4.69) is 10.6 Å². The number of carbonyl (C=O) groups is 3. The van der Waals surface area contributed by atoms with Crippen LogP contribution < -0.4 is 10.6 Å². The number of ether oxygens (including phenoxy) is 1. The lowest BCUT2D eigenvalue weighted by molar-refractivity contribution is -0.140. The fourth-order valence-corrected chi connectivity index (χ4v) is 4.05. The monoisotopic (exact) mass is 505 g/mol. The number of aromatic hydroxyl groups is 1. The topological polar surface area (TPSA) is 108 Å². The molecule has 1 atom stereocenters. The van der Waals surface area contributed by atoms with E-state index < -0.39 is 29.6 Å². The second-order valence-corrected chi connectivity index (χ2v) is 10.2. The maximum Gasteiger partial charge on any atom is 0.408 e. The van der Waals surface area contributed by atoms with E-state index in [9.17, 15) is 19.5 Å². The molecule has 37 heavy (non-hydrogen) atoms. The molecule has 3 rings (SSSR count). The number of anilines is 1. The molecule has 0 saturated heterocycles. The lowest BCUT2D eigenvalue weighted by atomic mass is 9.99. The Morgan fingerprint density at radius 3 is 2.27 bits per heavy atom. The number of aryl methyl sites for hydroxylation is 1. The van der Waals surface area contributed by atoms with Gasteiger partial charge in [-0.1, -0.05) is 36.4 Å². The normalized spacial score (nSPS) is 12.2. The summed E-state index contributed by atoms with van der Waals surface area (Å²) in [4.78, 5) is 40.7. The zero-order valence-electron chi connectivity index (χ0n) is 22.2. The minimum atomic E-state index is -1.02. The molecular weight excluding hydrogens is 470 g/mol. The smallest absolute Gasteiger partial charge is 0.408 e. The molecule has 3 amide bonds. The molecule has 0 spiro atoms. The van der Waals surface area contributed by atoms with Crippen LogP contribution in [0, 0.1) is 6.92 Å². The number of carbonyl (C=O) groups excluding carboxylic acids is 3. The number of rotatable bonds is 7. The van der Waals surface area contributed by atoms with Gasteiger partial charge in [-0.05, 0) is 87.7 Å². The lowest BCUT2D eigenvalue weighted by Crippen LogP contribution is -2.49. The number of nitrogens with one attached hydrogen (secondary N) is 2. The van der Waals surface area contributed by atoms with Gasteiger partial charge < -0.3 is 25.4 Å². The van der Waals surface area contributed by atoms with Gasteiger partial charge in [0.05, 0.1) is 0 Å². The molecule has 3 aromatic rings. The molecule has 0 fully saturated rings. The number of benzene rings is 3. The van der Waals surface area contributed by atoms with Gasteiger partial charge in [-0.25, -0.2) is 4.79 Å². The molecule has 0 aliphatic carbocycles. The van der Waals surface area contributed by atoms with Crippen LogP contribution in [0.25, 0.3) is 10.8 Å². The quantitative estimate of drug-likeness (QED) is 0.404. The summed E-state index contributed by atoms with van der Waals surface area (Å²) in [7, 11) is 0. The Balaban J connectivity index is 1.93. The molecule has 0 aliphatic rings. The van der Waals surface area contributed by atoms with Crippen LogP contribution in [0.2, 0.25) is 0 Å². The average Bonchev–Trinajstić information content (AvgIpc) is 2.81. The highest BCUT2D eigenvalue weighted by Crippen LogP contribution is 2.29. The summed E-state index contributed by atoms with van der Waals surface area (Å²) in [5.74, 6) is -0.781. The average molecular weight is 506 g/mol. The Hall–Kier alpha value is -4.07. The Labute approximate surface area is 217 Å². The van der Waals surface area contributed by atoms with Crippen LogP contribution in [-0.4, -0.2) is 46.1 Å². The minimum Gasteiger partial charge on any atom is -0.508 e. The molecule has 0 aromatic heterocycles. The molecule has 0 saturated carbocycles. The number of fused-ring (bicyclic) bond motifs is 1. The van der Waals surface area contributed by atoms with Gasteiger partial charge >= 0.3 is 6.09 Å². The summed E-state index contributed by atoms with van der Waals surface area (Å²) in [5.41, 5.74) is 0.987. The van der Waals surface area contributed by atoms with Crippen LogP contribution in [0.4, 0.5) is 10.5 Å². The number of phenolic OH excluding ortho intramolecular Hbond substituents is 1. The third-order valence-corrected chi connectivity index (χ3v) is 5.71. The van der Waals surface area contributed by atoms with Crippen molar-refractivity contribution in [3.05, 3.63) is 71.8 Å². The van der Waals surface area contributed by atoms with Gasteiger partial charge in [0.15, 0.2) is 0 Å². The minimum absolute atomic E-state index is 0.0893. The van der Waals surface area contributed by atoms with E-state index >= 15 is 0 Å². The van der Waals surface area contributed by atoms with Gasteiger partial charge in [0.25, 0.3) is 5.91 Å². The van der Waals surface area contributed by atoms with Crippen molar-refractivity contribution >= 4 is 34.4 Å². The van der Waals surface area contributed by atoms with Crippen molar-refractivity contribution in [2.24, 2.45) is 0 Å². The van der Waals surface area contributed by atoms with Crippen molar-refractivity contribution in [2.75, 3.05) is 11.9 Å². The Kier molecular flexibility index (Phi) is 8.42. The molecule has 196 valence electrons. The van der Waals surface area contributed by atoms with E-state index in [-0.39, 0.29) is 18.3 Å². The molecule has 0 aliphatic heterocycles. The van der Waals surface area contributed by atoms with Crippen molar-refractivity contribution < 1.29 is 24.2 Å². The van der Waals surface area contributed by atoms with Crippen molar-refractivity contribution in [1.82, 2.24) is 10.2 Å². The molecule has 3 aromatic carbocycles. The maximum atomic E-state index is 13.7. The second kappa shape index (κ2) is 11.3. The molecule has 0 radical (unpaired) electrons. The van der Waals surface area contributed by atoms with Crippen LogP contribution in [0.3, 0.4) is 0 Å². The van der Waals surface area contributed by atoms with Crippen molar-refractivity contribution in [3.63, 3.8) is 0 Å². The van der Waals surface area contributed by atoms with Crippen LogP contribution in [0.5, 0.6) is 5.75 Å². The van der Waals surface area contributed by atoms with Gasteiger partial charge in [-0.3, -0.25) is 9.59 Å². The van der Waals surface area contributed by atoms with E-state index in [1.165, 1.54) is 11.0 Å². The largest absolute Gasteiger partial charge is 0.508 e. The SMILES string of the molecule is Cc1cc(C(C(=O)Nc2ccc3ccccc3c2)N(C(=O)CNC(=O)OC(C)(C)C)C(C)C)ccc1O. The number of phenols is 1. The predicted molar refractivity (Wildman–Crippen MR) is 144 cm³/mol. The maximum absolute atomic E-state index is 13.7. The highest BCUT2D eigenvalue weighted by molar-refractivity contribution is 6.00. The molecular formula is C29H35N3O5. The first-order valence-electron chi connectivity index (χ1n) is 12.2. The van der Waals surface area contributed by atoms with E-state index in [0.29, 0.717) is 16.8 Å². The standard InChI is InChI=1S/C29H35N3O5/c1-18(2)32(25(34)17-30-28(36)37-29(4,5)6)26(22-12-14-24(33)19(3)15-22)27(35)31-23-13-11-20-9-7-8-10-21(20)16-23/h7-16,18,26,33H,17H2,1-6H3,(H,30,36)(H,31,35). The molecule has 0 heterocycles. The zero-order chi connectivity index (χ0) is 27.3. The molecule has 3 N–H and O–H groups in total. The van der Waals surface area contributed by atoms with Crippen molar-refractivity contribution in [1.29, 1.82) is 0 Å². The van der Waals surface area contributed by atoms with Crippen LogP contribution >= 0.6 is 0 Å². The second-order valence-electron chi connectivity index (χ2n) is 10.2. The third-order valence-electron chi connectivity index (χ3n) is 5.71. The van der Waals surface area contributed by atoms with E-state index in [1.807, 2.05) is 42.5 Å². The van der Waals surface area contributed by atoms with Gasteiger partial charge in [0, 0.05) is 11.7 Å². The molecule has 0 bridgehead atoms. The van der Waals surface area contributed by atoms with Gasteiger partial charge in [0.2, 0.25) is 5.91 Å². The van der Waals surface area contributed by atoms with E-state index in [1.54, 1.807) is 53.7 Å². The van der Waals surface area contributed by atoms with E-state index in [4.69, 9.17) is 4.74 Å². The summed E-state index contributed by atoms with van der Waals surface area (Å²) < 4.78 is 5.24. The number of alkyl carbamates (subject to hydrolysis) is 1. The molecule has 8 nitrogen and oxygen atoms in total. The fraction of sp³-hybridized carbons (Fsp3) is 0.345. The number of hydrogen-bond acceptors (Lipinski definition) is 5. The van der Waals surface area contributed by atoms with Gasteiger partial charge in [0.1, 0.15) is 23.9 Å². The zero-order valence-corrected chi connectivity index (χ0v) is 22.2. The third kappa shape index (κ3) is 7.22. The summed E-state index contributed by atoms with van der Waals surface area (Å²) in [5, 5.41) is 17.5. The summed E-state index contributed by atoms with van der Waals surface area (Å²) >= 11 is 0. The first-order valence-corrected chi connectivity index (χ1v) is 12.2. The highest BCUT2D eigenvalue weighted by Gasteiger charge is 2.34. The molecule has 8 heteroatoms. The predicted octanol–water partition coefficient (Wildman–Crippen LogP) is 5.30. The first-order chi connectivity index (χ1) is 17.4. The Bertz CT molecular complexity index is 1300. The van der Waals surface area contributed by atoms with Crippen molar-refractivity contribution in [2.45, 2.75) is 59.2 Å². The summed E-state index contributed by atoms with van der Waals surface area (Å²) in [6, 6.07) is 16.8. The summed E-state index contributed by atoms with van der Waals surface area (Å²) in [6.45, 7) is 10.2. The number of hydrogen-bond donors (Lipinski definition) is 3. The number of amides is 3. The van der Waals surface area contributed by atoms with Crippen molar-refractivity contribution in [3.8, 4) is 5.75 Å². The van der Waals surface area contributed by atoms with Crippen LogP contribution in [0.15, 0.2) is 60.7 Å².